The van der Waals surface area contributed by atoms with Gasteiger partial charge in [0.05, 0.1) is 0 Å². The highest BCUT2D eigenvalue weighted by molar-refractivity contribution is 14.0. The Morgan fingerprint density at radius 2 is 2.26 bits per heavy atom. The molecule has 1 fully saturated rings. The maximum Gasteiger partial charge on any atom is 0.243 e. The lowest BCUT2D eigenvalue weighted by atomic mass is 10.3. The Balaban J connectivity index is 0.00000364. The van der Waals surface area contributed by atoms with Crippen molar-refractivity contribution >= 4 is 41.7 Å². The van der Waals surface area contributed by atoms with Crippen LogP contribution in [0.25, 0.3) is 0 Å². The minimum absolute atomic E-state index is 0. The van der Waals surface area contributed by atoms with E-state index in [4.69, 9.17) is 0 Å². The normalized spacial score (nSPS) is 16.5. The second kappa shape index (κ2) is 11.1. The Kier molecular flexibility index (Phi) is 9.47. The fourth-order valence-electron chi connectivity index (χ4n) is 2.55. The number of carbonyl (C=O) groups is 1. The van der Waals surface area contributed by atoms with Crippen LogP contribution in [0.15, 0.2) is 35.5 Å². The number of carbonyl (C=O) groups excluding carboxylic acids is 1. The van der Waals surface area contributed by atoms with Gasteiger partial charge in [-0.25, -0.2) is 14.4 Å². The molecule has 0 aromatic carbocycles. The molecule has 0 aliphatic carbocycles. The van der Waals surface area contributed by atoms with Gasteiger partial charge in [-0.05, 0) is 25.5 Å². The topological polar surface area (TPSA) is 72.9 Å². The highest BCUT2D eigenvalue weighted by atomic mass is 127. The van der Waals surface area contributed by atoms with E-state index in [1.807, 2.05) is 11.8 Å². The zero-order valence-electron chi connectivity index (χ0n) is 16.0. The summed E-state index contributed by atoms with van der Waals surface area (Å²) >= 11 is 0. The first-order valence-corrected chi connectivity index (χ1v) is 8.61. The number of aromatic nitrogens is 1. The number of pyridine rings is 1. The molecule has 0 spiro atoms. The van der Waals surface area contributed by atoms with Crippen LogP contribution in [0, 0.1) is 5.82 Å². The minimum Gasteiger partial charge on any atom is -0.353 e. The first kappa shape index (κ1) is 23.1. The van der Waals surface area contributed by atoms with Crippen molar-refractivity contribution in [3.05, 3.63) is 36.3 Å². The van der Waals surface area contributed by atoms with Crippen LogP contribution < -0.4 is 15.5 Å². The van der Waals surface area contributed by atoms with Gasteiger partial charge in [0.1, 0.15) is 6.54 Å². The lowest BCUT2D eigenvalue weighted by Gasteiger charge is -2.20. The number of likely N-dealkylation sites (N-methyl/N-ethyl adjacent to an activating group) is 1. The largest absolute Gasteiger partial charge is 0.353 e. The summed E-state index contributed by atoms with van der Waals surface area (Å²) < 4.78 is 13.9. The van der Waals surface area contributed by atoms with Crippen molar-refractivity contribution in [1.82, 2.24) is 20.5 Å². The number of hydrogen-bond acceptors (Lipinski definition) is 4. The molecule has 1 unspecified atom stereocenters. The van der Waals surface area contributed by atoms with Crippen molar-refractivity contribution in [2.45, 2.75) is 19.4 Å². The van der Waals surface area contributed by atoms with E-state index >= 15 is 0 Å². The zero-order valence-corrected chi connectivity index (χ0v) is 18.4. The minimum atomic E-state index is -0.320. The van der Waals surface area contributed by atoms with E-state index in [1.165, 1.54) is 11.0 Å². The number of aliphatic imine (C=N–C) groups is 1. The molecule has 1 aromatic rings. The summed E-state index contributed by atoms with van der Waals surface area (Å²) in [6.45, 7) is 7.72. The van der Waals surface area contributed by atoms with Crippen molar-refractivity contribution in [3.8, 4) is 0 Å². The molecule has 1 aromatic heterocycles. The molecule has 0 saturated carbocycles. The number of halogens is 2. The Bertz CT molecular complexity index is 682. The second-order valence-corrected chi connectivity index (χ2v) is 6.65. The van der Waals surface area contributed by atoms with E-state index in [2.05, 4.69) is 27.2 Å². The first-order chi connectivity index (χ1) is 12.4. The SMILES string of the molecule is C=C(C)CNC(=NCC(=O)N(C)C)NC1CCN(c2ncccc2F)C1.I. The lowest BCUT2D eigenvalue weighted by Crippen LogP contribution is -2.45. The Morgan fingerprint density at radius 3 is 2.89 bits per heavy atom. The average molecular weight is 490 g/mol. The van der Waals surface area contributed by atoms with Gasteiger partial charge in [-0.15, -0.1) is 24.0 Å². The molecular formula is C18H28FIN6O. The van der Waals surface area contributed by atoms with Gasteiger partial charge >= 0.3 is 0 Å². The number of amides is 1. The van der Waals surface area contributed by atoms with Gasteiger partial charge in [0.2, 0.25) is 5.91 Å². The Hall–Kier alpha value is -1.91. The number of nitrogens with one attached hydrogen (secondary N) is 2. The van der Waals surface area contributed by atoms with Gasteiger partial charge in [0.25, 0.3) is 0 Å². The number of hydrogen-bond donors (Lipinski definition) is 2. The van der Waals surface area contributed by atoms with E-state index in [9.17, 15) is 9.18 Å². The van der Waals surface area contributed by atoms with Crippen molar-refractivity contribution in [2.75, 3.05) is 45.2 Å². The number of guanidine groups is 1. The lowest BCUT2D eigenvalue weighted by molar-refractivity contribution is -0.127. The summed E-state index contributed by atoms with van der Waals surface area (Å²) in [5.41, 5.74) is 0.960. The van der Waals surface area contributed by atoms with Crippen molar-refractivity contribution in [3.63, 3.8) is 0 Å². The van der Waals surface area contributed by atoms with Crippen LogP contribution in [0.1, 0.15) is 13.3 Å². The Morgan fingerprint density at radius 1 is 1.52 bits per heavy atom. The van der Waals surface area contributed by atoms with Crippen molar-refractivity contribution < 1.29 is 9.18 Å². The van der Waals surface area contributed by atoms with Crippen LogP contribution in [0.5, 0.6) is 0 Å². The molecule has 1 aliphatic heterocycles. The summed E-state index contributed by atoms with van der Waals surface area (Å²) in [6, 6.07) is 3.08. The van der Waals surface area contributed by atoms with Gasteiger partial charge in [-0.3, -0.25) is 4.79 Å². The average Bonchev–Trinajstić information content (AvgIpc) is 3.05. The Labute approximate surface area is 177 Å². The molecule has 1 saturated heterocycles. The van der Waals surface area contributed by atoms with E-state index in [0.29, 0.717) is 31.4 Å². The molecule has 0 bridgehead atoms. The molecule has 1 amide bonds. The second-order valence-electron chi connectivity index (χ2n) is 6.65. The molecule has 7 nitrogen and oxygen atoms in total. The maximum atomic E-state index is 13.9. The monoisotopic (exact) mass is 490 g/mol. The first-order valence-electron chi connectivity index (χ1n) is 8.61. The fraction of sp³-hybridized carbons (Fsp3) is 0.500. The third-order valence-electron chi connectivity index (χ3n) is 4.00. The molecule has 0 radical (unpaired) electrons. The van der Waals surface area contributed by atoms with E-state index in [1.54, 1.807) is 26.4 Å². The van der Waals surface area contributed by atoms with Gasteiger partial charge in [0.15, 0.2) is 17.6 Å². The van der Waals surface area contributed by atoms with Gasteiger partial charge in [-0.1, -0.05) is 12.2 Å². The summed E-state index contributed by atoms with van der Waals surface area (Å²) in [7, 11) is 3.39. The molecule has 1 atom stereocenters. The summed E-state index contributed by atoms with van der Waals surface area (Å²) in [4.78, 5) is 23.7. The summed E-state index contributed by atoms with van der Waals surface area (Å²) in [5.74, 6) is 0.522. The number of rotatable bonds is 6. The molecule has 1 aliphatic rings. The van der Waals surface area contributed by atoms with Crippen LogP contribution in [-0.4, -0.2) is 68.1 Å². The van der Waals surface area contributed by atoms with E-state index in [-0.39, 0.29) is 48.3 Å². The molecule has 2 N–H and O–H groups in total. The van der Waals surface area contributed by atoms with Gasteiger partial charge in [0, 0.05) is 46.0 Å². The van der Waals surface area contributed by atoms with Crippen LogP contribution in [-0.2, 0) is 4.79 Å². The van der Waals surface area contributed by atoms with E-state index in [0.717, 1.165) is 12.0 Å². The molecule has 2 rings (SSSR count). The third kappa shape index (κ3) is 7.31. The van der Waals surface area contributed by atoms with Crippen LogP contribution in [0.4, 0.5) is 10.2 Å². The highest BCUT2D eigenvalue weighted by Crippen LogP contribution is 2.20. The van der Waals surface area contributed by atoms with Crippen LogP contribution in [0.3, 0.4) is 0 Å². The van der Waals surface area contributed by atoms with Gasteiger partial charge < -0.3 is 20.4 Å². The van der Waals surface area contributed by atoms with E-state index < -0.39 is 0 Å². The molecule has 2 heterocycles. The van der Waals surface area contributed by atoms with Gasteiger partial charge in [-0.2, -0.15) is 0 Å². The molecule has 150 valence electrons. The van der Waals surface area contributed by atoms with Crippen LogP contribution in [0.2, 0.25) is 0 Å². The zero-order chi connectivity index (χ0) is 19.1. The smallest absolute Gasteiger partial charge is 0.243 e. The quantitative estimate of drug-likeness (QED) is 0.275. The molecular weight excluding hydrogens is 462 g/mol. The summed E-state index contributed by atoms with van der Waals surface area (Å²) in [6.07, 6.45) is 2.42. The van der Waals surface area contributed by atoms with Crippen LogP contribution >= 0.6 is 24.0 Å². The molecule has 9 heteroatoms. The third-order valence-corrected chi connectivity index (χ3v) is 4.00. The fourth-order valence-corrected chi connectivity index (χ4v) is 2.55. The summed E-state index contributed by atoms with van der Waals surface area (Å²) in [5, 5.41) is 6.49. The highest BCUT2D eigenvalue weighted by Gasteiger charge is 2.26. The maximum absolute atomic E-state index is 13.9. The number of anilines is 1. The number of nitrogens with zero attached hydrogens (tertiary/aromatic N) is 4. The van der Waals surface area contributed by atoms with Crippen molar-refractivity contribution in [2.24, 2.45) is 4.99 Å². The predicted octanol–water partition coefficient (Wildman–Crippen LogP) is 1.62. The standard InChI is InChI=1S/C18H27FN6O.HI/c1-13(2)10-21-18(22-11-16(26)24(3)4)23-14-7-9-25(12-14)17-15(19)6-5-8-20-17;/h5-6,8,14H,1,7,9-12H2,2-4H3,(H2,21,22,23);1H. The predicted molar refractivity (Wildman–Crippen MR) is 117 cm³/mol. The molecule has 27 heavy (non-hydrogen) atoms. The van der Waals surface area contributed by atoms with Crippen molar-refractivity contribution in [1.29, 1.82) is 0 Å².